The van der Waals surface area contributed by atoms with E-state index in [1.165, 1.54) is 109 Å². The summed E-state index contributed by atoms with van der Waals surface area (Å²) in [4.78, 5) is 5.60. The van der Waals surface area contributed by atoms with E-state index in [2.05, 4.69) is 211 Å². The summed E-state index contributed by atoms with van der Waals surface area (Å²) in [5.41, 5.74) is 20.0. The lowest BCUT2D eigenvalue weighted by atomic mass is 9.65. The molecule has 1 aliphatic heterocycles. The van der Waals surface area contributed by atoms with Crippen LogP contribution in [-0.2, 0) is 5.41 Å². The van der Waals surface area contributed by atoms with E-state index in [1.54, 1.807) is 0 Å². The van der Waals surface area contributed by atoms with Crippen molar-refractivity contribution in [2.24, 2.45) is 0 Å². The van der Waals surface area contributed by atoms with Crippen LogP contribution < -0.4 is 0 Å². The third kappa shape index (κ3) is 4.86. The highest BCUT2D eigenvalue weighted by molar-refractivity contribution is 7.25. The molecule has 3 heteroatoms. The molecule has 0 N–H and O–H groups in total. The molecule has 14 rings (SSSR count). The smallest absolute Gasteiger partial charge is 0.0754 e. The van der Waals surface area contributed by atoms with Crippen molar-refractivity contribution in [2.45, 2.75) is 18.3 Å². The van der Waals surface area contributed by atoms with Crippen LogP contribution in [0.15, 0.2) is 206 Å². The lowest BCUT2D eigenvalue weighted by molar-refractivity contribution is 0.748. The maximum absolute atomic E-state index is 5.60. The van der Waals surface area contributed by atoms with E-state index in [9.17, 15) is 0 Å². The Bertz CT molecular complexity index is 3800. The second-order valence-corrected chi connectivity index (χ2v) is 18.3. The minimum Gasteiger partial charge on any atom is -0.309 e. The Morgan fingerprint density at radius 3 is 2.11 bits per heavy atom. The summed E-state index contributed by atoms with van der Waals surface area (Å²) in [5.74, 6) is 0. The average Bonchev–Trinajstić information content (AvgIpc) is 4.00. The third-order valence-electron chi connectivity index (χ3n) is 14.0. The Morgan fingerprint density at radius 2 is 1.19 bits per heavy atom. The fourth-order valence-corrected chi connectivity index (χ4v) is 12.5. The normalized spacial score (nSPS) is 15.9. The first kappa shape index (κ1) is 35.1. The molecule has 4 heterocycles. The summed E-state index contributed by atoms with van der Waals surface area (Å²) in [6.45, 7) is 0. The number of allylic oxidation sites excluding steroid dienone is 4. The maximum atomic E-state index is 5.60. The molecule has 0 bridgehead atoms. The van der Waals surface area contributed by atoms with Gasteiger partial charge in [0.1, 0.15) is 0 Å². The van der Waals surface area contributed by atoms with Crippen molar-refractivity contribution >= 4 is 58.9 Å². The van der Waals surface area contributed by atoms with Crippen LogP contribution in [0.1, 0.15) is 40.8 Å². The molecule has 11 aromatic rings. The van der Waals surface area contributed by atoms with Crippen molar-refractivity contribution < 1.29 is 0 Å². The minimum absolute atomic E-state index is 0.582. The van der Waals surface area contributed by atoms with Crippen LogP contribution in [0.5, 0.6) is 0 Å². The van der Waals surface area contributed by atoms with E-state index < -0.39 is 5.41 Å². The molecular weight excluding hydrogens is 781 g/mol. The topological polar surface area (TPSA) is 17.8 Å². The number of hydrogen-bond donors (Lipinski definition) is 0. The van der Waals surface area contributed by atoms with E-state index >= 15 is 0 Å². The zero-order valence-corrected chi connectivity index (χ0v) is 35.2. The molecular formula is C60H38N2S. The van der Waals surface area contributed by atoms with Crippen molar-refractivity contribution in [1.29, 1.82) is 0 Å². The summed E-state index contributed by atoms with van der Waals surface area (Å²) in [6, 6.07) is 70.6. The molecule has 8 aromatic carbocycles. The highest BCUT2D eigenvalue weighted by Gasteiger charge is 2.51. The van der Waals surface area contributed by atoms with Gasteiger partial charge in [-0.3, -0.25) is 0 Å². The number of benzene rings is 8. The maximum Gasteiger partial charge on any atom is 0.0754 e. The molecule has 3 aromatic heterocycles. The Balaban J connectivity index is 1.10. The third-order valence-corrected chi connectivity index (χ3v) is 15.2. The van der Waals surface area contributed by atoms with E-state index in [0.29, 0.717) is 0 Å². The largest absolute Gasteiger partial charge is 0.309 e. The molecule has 3 aliphatic rings. The highest BCUT2D eigenvalue weighted by Crippen LogP contribution is 2.63. The van der Waals surface area contributed by atoms with Gasteiger partial charge in [0.2, 0.25) is 0 Å². The molecule has 0 fully saturated rings. The standard InChI is InChI=1S/C60H38N2S/c1-3-15-37(16-4-1)41-35-52(38-17-5-2-6-18-38)61-53(36-41)45-22-14-24-50-58(45)47-34-39(40-30-32-57-46(33-40)43-20-8-12-28-56(43)63-57)29-31-48(47)60(50)49-23-9-11-27-55(49)62-54-26-10-7-19-42(54)44-21-13-25-51(60)59(44)62/h1,3-5,7-36H,2,6H2. The molecule has 2 nitrogen and oxygen atoms in total. The molecule has 0 amide bonds. The van der Waals surface area contributed by atoms with Crippen LogP contribution in [0.3, 0.4) is 0 Å². The SMILES string of the molecule is C1=CC(c2cc(-c3ccccc3)cc(-c3cccc4c3-c3cc(-c5ccc6sc7ccccc7c6c5)ccc3C43c4ccccc4-n4c5ccccc5c5cccc3c54)n2)=CCC1. The Hall–Kier alpha value is -7.59. The predicted molar refractivity (Wildman–Crippen MR) is 265 cm³/mol. The van der Waals surface area contributed by atoms with Crippen molar-refractivity contribution in [3.05, 3.63) is 234 Å². The molecule has 1 atom stereocenters. The first-order valence-electron chi connectivity index (χ1n) is 22.0. The second kappa shape index (κ2) is 13.2. The molecule has 2 aliphatic carbocycles. The minimum atomic E-state index is -0.582. The quantitative estimate of drug-likeness (QED) is 0.173. The Labute approximate surface area is 369 Å². The van der Waals surface area contributed by atoms with E-state index in [-0.39, 0.29) is 0 Å². The van der Waals surface area contributed by atoms with Gasteiger partial charge in [0.05, 0.1) is 33.5 Å². The first-order valence-corrected chi connectivity index (χ1v) is 22.8. The zero-order chi connectivity index (χ0) is 41.2. The first-order chi connectivity index (χ1) is 31.2. The molecule has 0 radical (unpaired) electrons. The highest BCUT2D eigenvalue weighted by atomic mass is 32.1. The molecule has 1 unspecified atom stereocenters. The van der Waals surface area contributed by atoms with Gasteiger partial charge in [-0.15, -0.1) is 11.3 Å². The summed E-state index contributed by atoms with van der Waals surface area (Å²) < 4.78 is 5.17. The second-order valence-electron chi connectivity index (χ2n) is 17.3. The molecule has 294 valence electrons. The fraction of sp³-hybridized carbons (Fsp3) is 0.0500. The number of para-hydroxylation sites is 3. The average molecular weight is 819 g/mol. The van der Waals surface area contributed by atoms with Crippen LogP contribution in [0, 0.1) is 0 Å². The fourth-order valence-electron chi connectivity index (χ4n) is 11.4. The van der Waals surface area contributed by atoms with Crippen molar-refractivity contribution in [2.75, 3.05) is 0 Å². The van der Waals surface area contributed by atoms with Gasteiger partial charge in [-0.1, -0.05) is 158 Å². The summed E-state index contributed by atoms with van der Waals surface area (Å²) in [7, 11) is 0. The van der Waals surface area contributed by atoms with Gasteiger partial charge >= 0.3 is 0 Å². The summed E-state index contributed by atoms with van der Waals surface area (Å²) >= 11 is 1.87. The predicted octanol–water partition coefficient (Wildman–Crippen LogP) is 16.0. The Kier molecular flexibility index (Phi) is 7.35. The van der Waals surface area contributed by atoms with Crippen LogP contribution in [0.4, 0.5) is 0 Å². The number of pyridine rings is 1. The van der Waals surface area contributed by atoms with E-state index in [0.717, 1.165) is 29.8 Å². The molecule has 0 saturated heterocycles. The van der Waals surface area contributed by atoms with Gasteiger partial charge in [-0.25, -0.2) is 4.98 Å². The monoisotopic (exact) mass is 818 g/mol. The number of thiophene rings is 1. The van der Waals surface area contributed by atoms with Crippen LogP contribution in [0.25, 0.3) is 97.9 Å². The van der Waals surface area contributed by atoms with Crippen molar-refractivity contribution in [3.8, 4) is 50.3 Å². The number of fused-ring (bicyclic) bond motifs is 15. The molecule has 1 spiro atoms. The number of rotatable bonds is 4. The van der Waals surface area contributed by atoms with Crippen molar-refractivity contribution in [3.63, 3.8) is 0 Å². The molecule has 63 heavy (non-hydrogen) atoms. The van der Waals surface area contributed by atoms with E-state index in [4.69, 9.17) is 4.98 Å². The number of hydrogen-bond acceptors (Lipinski definition) is 2. The van der Waals surface area contributed by atoms with Gasteiger partial charge in [-0.05, 0) is 123 Å². The van der Waals surface area contributed by atoms with Crippen LogP contribution in [0.2, 0.25) is 0 Å². The summed E-state index contributed by atoms with van der Waals surface area (Å²) in [6.07, 6.45) is 8.96. The van der Waals surface area contributed by atoms with E-state index in [1.807, 2.05) is 11.3 Å². The Morgan fingerprint density at radius 1 is 0.460 bits per heavy atom. The molecule has 0 saturated carbocycles. The van der Waals surface area contributed by atoms with Gasteiger partial charge in [0, 0.05) is 36.5 Å². The lowest BCUT2D eigenvalue weighted by Gasteiger charge is -2.39. The van der Waals surface area contributed by atoms with Gasteiger partial charge in [0.25, 0.3) is 0 Å². The van der Waals surface area contributed by atoms with Crippen LogP contribution in [-0.4, -0.2) is 9.55 Å². The lowest BCUT2D eigenvalue weighted by Crippen LogP contribution is -2.33. The summed E-state index contributed by atoms with van der Waals surface area (Å²) in [5, 5.41) is 5.19. The zero-order valence-electron chi connectivity index (χ0n) is 34.3. The number of nitrogens with zero attached hydrogens (tertiary/aromatic N) is 2. The van der Waals surface area contributed by atoms with Crippen LogP contribution >= 0.6 is 11.3 Å². The van der Waals surface area contributed by atoms with Gasteiger partial charge < -0.3 is 4.57 Å². The van der Waals surface area contributed by atoms with Gasteiger partial charge in [-0.2, -0.15) is 0 Å². The van der Waals surface area contributed by atoms with Crippen molar-refractivity contribution in [1.82, 2.24) is 9.55 Å². The number of aromatic nitrogens is 2. The van der Waals surface area contributed by atoms with Gasteiger partial charge in [0.15, 0.2) is 0 Å².